The first kappa shape index (κ1) is 11.6. The molecule has 2 aromatic heterocycles. The quantitative estimate of drug-likeness (QED) is 0.601. The van der Waals surface area contributed by atoms with Crippen molar-refractivity contribution in [2.45, 2.75) is 13.0 Å². The first-order valence-corrected chi connectivity index (χ1v) is 6.31. The van der Waals surface area contributed by atoms with Gasteiger partial charge in [0.05, 0.1) is 13.2 Å². The maximum Gasteiger partial charge on any atom is 0.129 e. The molecule has 2 rings (SSSR count). The molecule has 0 bridgehead atoms. The molecule has 0 aliphatic heterocycles. The Kier molecular flexibility index (Phi) is 4.34. The van der Waals surface area contributed by atoms with Crippen LogP contribution >= 0.6 is 22.9 Å². The average Bonchev–Trinajstić information content (AvgIpc) is 2.80. The zero-order valence-electron chi connectivity index (χ0n) is 8.73. The Morgan fingerprint density at radius 3 is 2.94 bits per heavy atom. The first-order valence-electron chi connectivity index (χ1n) is 5.05. The molecule has 0 unspecified atom stereocenters. The van der Waals surface area contributed by atoms with E-state index in [1.54, 1.807) is 23.6 Å². The molecule has 0 aliphatic rings. The van der Waals surface area contributed by atoms with Crippen LogP contribution in [-0.4, -0.2) is 11.6 Å². The highest BCUT2D eigenvalue weighted by Crippen LogP contribution is 2.10. The van der Waals surface area contributed by atoms with Crippen molar-refractivity contribution in [2.75, 3.05) is 6.61 Å². The number of nitrogens with zero attached hydrogens (tertiary/aromatic N) is 1. The lowest BCUT2D eigenvalue weighted by atomic mass is 10.3. The first-order chi connectivity index (χ1) is 7.84. The van der Waals surface area contributed by atoms with E-state index in [4.69, 9.17) is 16.3 Å². The minimum atomic E-state index is 0.516. The van der Waals surface area contributed by atoms with Crippen LogP contribution in [0.25, 0.3) is 0 Å². The number of thiophene rings is 1. The molecular weight excluding hydrogens is 242 g/mol. The summed E-state index contributed by atoms with van der Waals surface area (Å²) in [5.74, 6) is 0. The van der Waals surface area contributed by atoms with Gasteiger partial charge >= 0.3 is 0 Å². The monoisotopic (exact) mass is 253 g/mol. The third kappa shape index (κ3) is 3.59. The van der Waals surface area contributed by atoms with Crippen LogP contribution in [-0.2, 0) is 17.8 Å². The molecule has 2 heterocycles. The van der Waals surface area contributed by atoms with Crippen molar-refractivity contribution < 1.29 is 4.74 Å². The van der Waals surface area contributed by atoms with Gasteiger partial charge in [0.25, 0.3) is 0 Å². The van der Waals surface area contributed by atoms with Gasteiger partial charge in [0.1, 0.15) is 5.15 Å². The number of ether oxygens (including phenoxy) is 1. The summed E-state index contributed by atoms with van der Waals surface area (Å²) < 4.78 is 5.56. The second-order valence-electron chi connectivity index (χ2n) is 3.37. The summed E-state index contributed by atoms with van der Waals surface area (Å²) in [6, 6.07) is 7.89. The topological polar surface area (TPSA) is 22.1 Å². The van der Waals surface area contributed by atoms with Gasteiger partial charge in [-0.2, -0.15) is 0 Å². The smallest absolute Gasteiger partial charge is 0.129 e. The summed E-state index contributed by atoms with van der Waals surface area (Å²) >= 11 is 7.45. The van der Waals surface area contributed by atoms with E-state index in [0.29, 0.717) is 11.8 Å². The Morgan fingerprint density at radius 2 is 2.25 bits per heavy atom. The summed E-state index contributed by atoms with van der Waals surface area (Å²) in [5, 5.41) is 2.60. The SMILES string of the molecule is Clc1ccc(COCCc2cccs2)cn1. The second kappa shape index (κ2) is 5.99. The summed E-state index contributed by atoms with van der Waals surface area (Å²) in [4.78, 5) is 5.35. The number of hydrogen-bond donors (Lipinski definition) is 0. The van der Waals surface area contributed by atoms with Gasteiger partial charge in [0.2, 0.25) is 0 Å². The van der Waals surface area contributed by atoms with E-state index < -0.39 is 0 Å². The zero-order valence-corrected chi connectivity index (χ0v) is 10.3. The number of pyridine rings is 1. The molecule has 0 aromatic carbocycles. The van der Waals surface area contributed by atoms with E-state index in [2.05, 4.69) is 22.5 Å². The van der Waals surface area contributed by atoms with Crippen LogP contribution in [0.3, 0.4) is 0 Å². The lowest BCUT2D eigenvalue weighted by Crippen LogP contribution is -1.98. The van der Waals surface area contributed by atoms with E-state index in [-0.39, 0.29) is 0 Å². The minimum absolute atomic E-state index is 0.516. The van der Waals surface area contributed by atoms with Crippen molar-refractivity contribution >= 4 is 22.9 Å². The third-order valence-corrected chi connectivity index (χ3v) is 3.29. The van der Waals surface area contributed by atoms with E-state index >= 15 is 0 Å². The molecule has 16 heavy (non-hydrogen) atoms. The molecule has 0 saturated carbocycles. The Hall–Kier alpha value is -0.900. The maximum atomic E-state index is 5.69. The van der Waals surface area contributed by atoms with Gasteiger partial charge in [-0.3, -0.25) is 0 Å². The third-order valence-electron chi connectivity index (χ3n) is 2.13. The molecular formula is C12H12ClNOS. The average molecular weight is 254 g/mol. The fraction of sp³-hybridized carbons (Fsp3) is 0.250. The summed E-state index contributed by atoms with van der Waals surface area (Å²) in [6.45, 7) is 1.33. The van der Waals surface area contributed by atoms with E-state index in [1.165, 1.54) is 4.88 Å². The standard InChI is InChI=1S/C12H12ClNOS/c13-12-4-3-10(8-14-12)9-15-6-5-11-2-1-7-16-11/h1-4,7-8H,5-6,9H2. The van der Waals surface area contributed by atoms with Crippen LogP contribution < -0.4 is 0 Å². The summed E-state index contributed by atoms with van der Waals surface area (Å²) in [5.41, 5.74) is 1.05. The lowest BCUT2D eigenvalue weighted by molar-refractivity contribution is 0.124. The summed E-state index contributed by atoms with van der Waals surface area (Å²) in [7, 11) is 0. The molecule has 4 heteroatoms. The molecule has 84 valence electrons. The van der Waals surface area contributed by atoms with Crippen molar-refractivity contribution in [1.29, 1.82) is 0 Å². The molecule has 2 aromatic rings. The highest BCUT2D eigenvalue weighted by Gasteiger charge is 1.96. The molecule has 2 nitrogen and oxygen atoms in total. The summed E-state index contributed by atoms with van der Waals surface area (Å²) in [6.07, 6.45) is 2.71. The van der Waals surface area contributed by atoms with Crippen molar-refractivity contribution in [1.82, 2.24) is 4.98 Å². The molecule has 0 N–H and O–H groups in total. The van der Waals surface area contributed by atoms with Crippen LogP contribution in [0, 0.1) is 0 Å². The zero-order chi connectivity index (χ0) is 11.2. The number of halogens is 1. The molecule has 0 aliphatic carbocycles. The van der Waals surface area contributed by atoms with Crippen LogP contribution in [0.15, 0.2) is 35.8 Å². The van der Waals surface area contributed by atoms with Crippen LogP contribution in [0.1, 0.15) is 10.4 Å². The maximum absolute atomic E-state index is 5.69. The second-order valence-corrected chi connectivity index (χ2v) is 4.79. The van der Waals surface area contributed by atoms with Gasteiger partial charge in [-0.25, -0.2) is 4.98 Å². The lowest BCUT2D eigenvalue weighted by Gasteiger charge is -2.03. The van der Waals surface area contributed by atoms with Crippen molar-refractivity contribution in [2.24, 2.45) is 0 Å². The molecule has 0 atom stereocenters. The van der Waals surface area contributed by atoms with Gasteiger partial charge in [0.15, 0.2) is 0 Å². The van der Waals surface area contributed by atoms with E-state index in [1.807, 2.05) is 6.07 Å². The Morgan fingerprint density at radius 1 is 1.31 bits per heavy atom. The van der Waals surface area contributed by atoms with Crippen LogP contribution in [0.4, 0.5) is 0 Å². The van der Waals surface area contributed by atoms with E-state index in [9.17, 15) is 0 Å². The van der Waals surface area contributed by atoms with Crippen molar-refractivity contribution in [3.63, 3.8) is 0 Å². The highest BCUT2D eigenvalue weighted by molar-refractivity contribution is 7.09. The van der Waals surface area contributed by atoms with Crippen LogP contribution in [0.2, 0.25) is 5.15 Å². The fourth-order valence-corrected chi connectivity index (χ4v) is 2.11. The van der Waals surface area contributed by atoms with Crippen molar-refractivity contribution in [3.8, 4) is 0 Å². The van der Waals surface area contributed by atoms with Gasteiger partial charge in [-0.05, 0) is 23.1 Å². The Labute approximate surface area is 104 Å². The van der Waals surface area contributed by atoms with Gasteiger partial charge in [-0.1, -0.05) is 23.7 Å². The molecule has 0 spiro atoms. The molecule has 0 radical (unpaired) electrons. The van der Waals surface area contributed by atoms with Gasteiger partial charge < -0.3 is 4.74 Å². The highest BCUT2D eigenvalue weighted by atomic mass is 35.5. The molecule has 0 saturated heterocycles. The molecule has 0 fully saturated rings. The Balaban J connectivity index is 1.70. The normalized spacial score (nSPS) is 10.6. The van der Waals surface area contributed by atoms with Crippen LogP contribution in [0.5, 0.6) is 0 Å². The van der Waals surface area contributed by atoms with E-state index in [0.717, 1.165) is 18.6 Å². The largest absolute Gasteiger partial charge is 0.376 e. The fourth-order valence-electron chi connectivity index (χ4n) is 1.31. The molecule has 0 amide bonds. The number of hydrogen-bond acceptors (Lipinski definition) is 3. The predicted octanol–water partition coefficient (Wildman–Crippen LogP) is 3.56. The van der Waals surface area contributed by atoms with Gasteiger partial charge in [-0.15, -0.1) is 11.3 Å². The number of aromatic nitrogens is 1. The number of rotatable bonds is 5. The van der Waals surface area contributed by atoms with Crippen molar-refractivity contribution in [3.05, 3.63) is 51.4 Å². The predicted molar refractivity (Wildman–Crippen MR) is 66.9 cm³/mol. The van der Waals surface area contributed by atoms with Gasteiger partial charge in [0, 0.05) is 17.5 Å². The Bertz CT molecular complexity index is 413. The minimum Gasteiger partial charge on any atom is -0.376 e.